The third-order valence-electron chi connectivity index (χ3n) is 5.18. The minimum absolute atomic E-state index is 0.125. The SMILES string of the molecule is CCNC(=NCc1cccc(OCC(N)=O)c1)NCC1(CCOC)CCCC1. The summed E-state index contributed by atoms with van der Waals surface area (Å²) < 4.78 is 10.7. The average Bonchev–Trinajstić information content (AvgIpc) is 3.16. The molecule has 1 aromatic carbocycles. The van der Waals surface area contributed by atoms with Crippen molar-refractivity contribution in [1.82, 2.24) is 10.6 Å². The van der Waals surface area contributed by atoms with Gasteiger partial charge in [-0.25, -0.2) is 4.99 Å². The van der Waals surface area contributed by atoms with E-state index in [9.17, 15) is 4.79 Å². The van der Waals surface area contributed by atoms with Gasteiger partial charge in [-0.3, -0.25) is 4.79 Å². The third-order valence-corrected chi connectivity index (χ3v) is 5.18. The highest BCUT2D eigenvalue weighted by molar-refractivity contribution is 5.79. The lowest BCUT2D eigenvalue weighted by atomic mass is 9.83. The van der Waals surface area contributed by atoms with E-state index < -0.39 is 5.91 Å². The quantitative estimate of drug-likeness (QED) is 0.397. The van der Waals surface area contributed by atoms with Crippen molar-refractivity contribution in [3.63, 3.8) is 0 Å². The number of nitrogens with zero attached hydrogens (tertiary/aromatic N) is 1. The van der Waals surface area contributed by atoms with Gasteiger partial charge in [0.15, 0.2) is 12.6 Å². The Morgan fingerprint density at radius 3 is 2.75 bits per heavy atom. The normalized spacial score (nSPS) is 16.0. The minimum atomic E-state index is -0.489. The van der Waals surface area contributed by atoms with Gasteiger partial charge in [-0.1, -0.05) is 25.0 Å². The predicted octanol–water partition coefficient (Wildman–Crippen LogP) is 2.20. The number of carbonyl (C=O) groups is 1. The zero-order valence-corrected chi connectivity index (χ0v) is 17.1. The van der Waals surface area contributed by atoms with Crippen LogP contribution in [0.15, 0.2) is 29.3 Å². The van der Waals surface area contributed by atoms with Crippen molar-refractivity contribution in [1.29, 1.82) is 0 Å². The molecule has 1 aromatic rings. The van der Waals surface area contributed by atoms with Crippen LogP contribution >= 0.6 is 0 Å². The molecule has 28 heavy (non-hydrogen) atoms. The largest absolute Gasteiger partial charge is 0.484 e. The Balaban J connectivity index is 1.96. The van der Waals surface area contributed by atoms with Gasteiger partial charge in [-0.2, -0.15) is 0 Å². The van der Waals surface area contributed by atoms with Crippen molar-refractivity contribution in [2.24, 2.45) is 16.1 Å². The highest BCUT2D eigenvalue weighted by Crippen LogP contribution is 2.40. The Kier molecular flexibility index (Phi) is 9.07. The fourth-order valence-electron chi connectivity index (χ4n) is 3.63. The Bertz CT molecular complexity index is 642. The van der Waals surface area contributed by atoms with Gasteiger partial charge in [0.1, 0.15) is 5.75 Å². The molecule has 0 atom stereocenters. The van der Waals surface area contributed by atoms with E-state index in [0.29, 0.717) is 17.7 Å². The number of hydrogen-bond acceptors (Lipinski definition) is 4. The number of benzene rings is 1. The summed E-state index contributed by atoms with van der Waals surface area (Å²) in [7, 11) is 1.77. The molecule has 0 spiro atoms. The number of amides is 1. The van der Waals surface area contributed by atoms with Crippen molar-refractivity contribution in [3.8, 4) is 5.75 Å². The zero-order chi connectivity index (χ0) is 20.2. The monoisotopic (exact) mass is 390 g/mol. The Morgan fingerprint density at radius 1 is 1.29 bits per heavy atom. The molecule has 0 radical (unpaired) electrons. The van der Waals surface area contributed by atoms with E-state index in [1.807, 2.05) is 18.2 Å². The van der Waals surface area contributed by atoms with Crippen molar-refractivity contribution >= 4 is 11.9 Å². The van der Waals surface area contributed by atoms with Gasteiger partial charge < -0.3 is 25.8 Å². The number of ether oxygens (including phenoxy) is 2. The molecular weight excluding hydrogens is 356 g/mol. The zero-order valence-electron chi connectivity index (χ0n) is 17.1. The summed E-state index contributed by atoms with van der Waals surface area (Å²) >= 11 is 0. The number of aliphatic imine (C=N–C) groups is 1. The lowest BCUT2D eigenvalue weighted by Gasteiger charge is -2.30. The van der Waals surface area contributed by atoms with Crippen LogP contribution in [0.2, 0.25) is 0 Å². The lowest BCUT2D eigenvalue weighted by molar-refractivity contribution is -0.119. The highest BCUT2D eigenvalue weighted by atomic mass is 16.5. The second-order valence-corrected chi connectivity index (χ2v) is 7.40. The summed E-state index contributed by atoms with van der Waals surface area (Å²) in [5.74, 6) is 0.944. The number of carbonyl (C=O) groups excluding carboxylic acids is 1. The van der Waals surface area contributed by atoms with Crippen LogP contribution in [0.3, 0.4) is 0 Å². The van der Waals surface area contributed by atoms with Gasteiger partial charge in [0.25, 0.3) is 5.91 Å². The molecule has 0 unspecified atom stereocenters. The van der Waals surface area contributed by atoms with E-state index >= 15 is 0 Å². The number of primary amides is 1. The van der Waals surface area contributed by atoms with Crippen LogP contribution in [0, 0.1) is 5.41 Å². The number of nitrogens with one attached hydrogen (secondary N) is 2. The number of guanidine groups is 1. The second kappa shape index (κ2) is 11.5. The highest BCUT2D eigenvalue weighted by Gasteiger charge is 2.33. The molecule has 7 nitrogen and oxygen atoms in total. The van der Waals surface area contributed by atoms with Crippen molar-refractivity contribution < 1.29 is 14.3 Å². The number of hydrogen-bond donors (Lipinski definition) is 3. The second-order valence-electron chi connectivity index (χ2n) is 7.40. The number of rotatable bonds is 11. The fourth-order valence-corrected chi connectivity index (χ4v) is 3.63. The van der Waals surface area contributed by atoms with Gasteiger partial charge in [0.05, 0.1) is 6.54 Å². The molecule has 4 N–H and O–H groups in total. The molecule has 1 saturated carbocycles. The van der Waals surface area contributed by atoms with Crippen LogP contribution < -0.4 is 21.1 Å². The molecule has 1 fully saturated rings. The molecule has 0 bridgehead atoms. The van der Waals surface area contributed by atoms with E-state index in [0.717, 1.165) is 37.6 Å². The summed E-state index contributed by atoms with van der Waals surface area (Å²) in [6, 6.07) is 7.56. The molecule has 156 valence electrons. The maximum atomic E-state index is 10.9. The molecule has 1 aliphatic carbocycles. The topological polar surface area (TPSA) is 98.0 Å². The smallest absolute Gasteiger partial charge is 0.255 e. The molecule has 0 aromatic heterocycles. The molecular formula is C21H34N4O3. The lowest BCUT2D eigenvalue weighted by Crippen LogP contribution is -2.43. The maximum Gasteiger partial charge on any atom is 0.255 e. The molecule has 1 amide bonds. The predicted molar refractivity (Wildman–Crippen MR) is 111 cm³/mol. The maximum absolute atomic E-state index is 10.9. The summed E-state index contributed by atoms with van der Waals surface area (Å²) in [5, 5.41) is 6.85. The molecule has 0 aliphatic heterocycles. The van der Waals surface area contributed by atoms with Crippen molar-refractivity contribution in [3.05, 3.63) is 29.8 Å². The standard InChI is InChI=1S/C21H34N4O3/c1-3-23-20(25-16-21(11-12-27-2)9-4-5-10-21)24-14-17-7-6-8-18(13-17)28-15-19(22)26/h6-8,13H,3-5,9-12,14-16H2,1-2H3,(H2,22,26)(H2,23,24,25). The summed E-state index contributed by atoms with van der Waals surface area (Å²) in [4.78, 5) is 15.6. The fraction of sp³-hybridized carbons (Fsp3) is 0.619. The van der Waals surface area contributed by atoms with Crippen LogP contribution in [-0.2, 0) is 16.1 Å². The molecule has 2 rings (SSSR count). The number of methoxy groups -OCH3 is 1. The first-order valence-corrected chi connectivity index (χ1v) is 10.1. The molecule has 0 heterocycles. The van der Waals surface area contributed by atoms with Gasteiger partial charge in [-0.05, 0) is 49.3 Å². The van der Waals surface area contributed by atoms with Crippen LogP contribution in [0.25, 0.3) is 0 Å². The van der Waals surface area contributed by atoms with Gasteiger partial charge >= 0.3 is 0 Å². The Labute approximate surface area is 168 Å². The molecule has 7 heteroatoms. The third kappa shape index (κ3) is 7.38. The summed E-state index contributed by atoms with van der Waals surface area (Å²) in [6.45, 7) is 4.97. The van der Waals surface area contributed by atoms with Crippen LogP contribution in [-0.4, -0.2) is 45.3 Å². The van der Waals surface area contributed by atoms with Gasteiger partial charge in [-0.15, -0.1) is 0 Å². The van der Waals surface area contributed by atoms with Crippen LogP contribution in [0.5, 0.6) is 5.75 Å². The van der Waals surface area contributed by atoms with Gasteiger partial charge in [0, 0.05) is 26.8 Å². The first-order valence-electron chi connectivity index (χ1n) is 10.1. The van der Waals surface area contributed by atoms with E-state index in [2.05, 4.69) is 17.6 Å². The first kappa shape index (κ1) is 22.0. The summed E-state index contributed by atoms with van der Waals surface area (Å²) in [5.41, 5.74) is 6.43. The van der Waals surface area contributed by atoms with E-state index in [4.69, 9.17) is 20.2 Å². The number of nitrogens with two attached hydrogens (primary N) is 1. The first-order chi connectivity index (χ1) is 13.6. The molecule has 1 aliphatic rings. The van der Waals surface area contributed by atoms with Gasteiger partial charge in [0.2, 0.25) is 0 Å². The molecule has 0 saturated heterocycles. The Hall–Kier alpha value is -2.28. The van der Waals surface area contributed by atoms with E-state index in [-0.39, 0.29) is 6.61 Å². The van der Waals surface area contributed by atoms with Crippen molar-refractivity contribution in [2.45, 2.75) is 45.6 Å². The summed E-state index contributed by atoms with van der Waals surface area (Å²) in [6.07, 6.45) is 6.13. The average molecular weight is 391 g/mol. The minimum Gasteiger partial charge on any atom is -0.484 e. The van der Waals surface area contributed by atoms with Crippen LogP contribution in [0.4, 0.5) is 0 Å². The van der Waals surface area contributed by atoms with E-state index in [1.54, 1.807) is 13.2 Å². The Morgan fingerprint density at radius 2 is 2.07 bits per heavy atom. The van der Waals surface area contributed by atoms with Crippen molar-refractivity contribution in [2.75, 3.05) is 33.4 Å². The van der Waals surface area contributed by atoms with E-state index in [1.165, 1.54) is 25.7 Å². The van der Waals surface area contributed by atoms with Crippen LogP contribution in [0.1, 0.15) is 44.6 Å².